The number of anilines is 2. The number of benzene rings is 2. The van der Waals surface area contributed by atoms with Crippen molar-refractivity contribution in [1.29, 1.82) is 0 Å². The lowest BCUT2D eigenvalue weighted by molar-refractivity contribution is 1.32. The predicted octanol–water partition coefficient (Wildman–Crippen LogP) is 5.52. The molecule has 4 nitrogen and oxygen atoms in total. The second kappa shape index (κ2) is 6.01. The maximum Gasteiger partial charge on any atom is 0.0729 e. The molecular formula is C22H16N4. The normalized spacial score (nSPS) is 11.1. The van der Waals surface area contributed by atoms with Gasteiger partial charge in [-0.05, 0) is 48.5 Å². The second-order valence-corrected chi connectivity index (χ2v) is 6.21. The highest BCUT2D eigenvalue weighted by atomic mass is 14.9. The van der Waals surface area contributed by atoms with Crippen molar-refractivity contribution >= 4 is 33.2 Å². The summed E-state index contributed by atoms with van der Waals surface area (Å²) in [6, 6.07) is 22.6. The molecule has 2 aromatic carbocycles. The van der Waals surface area contributed by atoms with Crippen molar-refractivity contribution < 1.29 is 0 Å². The van der Waals surface area contributed by atoms with Crippen molar-refractivity contribution in [3.63, 3.8) is 0 Å². The Balaban J connectivity index is 1.55. The number of aromatic nitrogens is 3. The van der Waals surface area contributed by atoms with Gasteiger partial charge in [0.1, 0.15) is 0 Å². The summed E-state index contributed by atoms with van der Waals surface area (Å²) in [6.07, 6.45) is 5.60. The Morgan fingerprint density at radius 3 is 2.73 bits per heavy atom. The van der Waals surface area contributed by atoms with Gasteiger partial charge in [-0.1, -0.05) is 18.2 Å². The van der Waals surface area contributed by atoms with Crippen molar-refractivity contribution in [2.75, 3.05) is 5.32 Å². The molecule has 3 heterocycles. The zero-order valence-electron chi connectivity index (χ0n) is 14.0. The predicted molar refractivity (Wildman–Crippen MR) is 107 cm³/mol. The number of H-pyrrole nitrogens is 1. The van der Waals surface area contributed by atoms with Crippen LogP contribution in [0.3, 0.4) is 0 Å². The quantitative estimate of drug-likeness (QED) is 0.456. The number of nitrogens with one attached hydrogen (secondary N) is 2. The van der Waals surface area contributed by atoms with Crippen molar-refractivity contribution in [3.8, 4) is 11.3 Å². The molecule has 26 heavy (non-hydrogen) atoms. The highest BCUT2D eigenvalue weighted by Gasteiger charge is 2.06. The number of pyridine rings is 2. The number of hydrogen-bond acceptors (Lipinski definition) is 3. The standard InChI is InChI=1S/C22H16N4/c1-2-10-23-19(3-1)15-4-6-18-21(9-12-25-22(18)14-15)26-17-5-7-20-16(13-17)8-11-24-20/h1-14,24H,(H,25,26). The molecule has 4 heteroatoms. The third kappa shape index (κ3) is 2.58. The molecule has 0 aliphatic carbocycles. The number of fused-ring (bicyclic) bond motifs is 2. The maximum atomic E-state index is 4.54. The highest BCUT2D eigenvalue weighted by molar-refractivity contribution is 5.95. The van der Waals surface area contributed by atoms with Crippen LogP contribution >= 0.6 is 0 Å². The zero-order chi connectivity index (χ0) is 17.3. The summed E-state index contributed by atoms with van der Waals surface area (Å²) in [5, 5.41) is 5.79. The largest absolute Gasteiger partial charge is 0.361 e. The Morgan fingerprint density at radius 2 is 1.81 bits per heavy atom. The molecule has 5 rings (SSSR count). The highest BCUT2D eigenvalue weighted by Crippen LogP contribution is 2.29. The molecule has 0 amide bonds. The SMILES string of the molecule is c1ccc(-c2ccc3c(Nc4ccc5[nH]ccc5c4)ccnc3c2)nc1. The first-order valence-corrected chi connectivity index (χ1v) is 8.51. The van der Waals surface area contributed by atoms with Gasteiger partial charge in [-0.15, -0.1) is 0 Å². The summed E-state index contributed by atoms with van der Waals surface area (Å²) in [6.45, 7) is 0. The lowest BCUT2D eigenvalue weighted by Crippen LogP contribution is -1.93. The van der Waals surface area contributed by atoms with E-state index in [0.29, 0.717) is 0 Å². The molecule has 0 spiro atoms. The van der Waals surface area contributed by atoms with Crippen molar-refractivity contribution in [2.45, 2.75) is 0 Å². The minimum absolute atomic E-state index is 0.945. The van der Waals surface area contributed by atoms with Gasteiger partial charge in [0.25, 0.3) is 0 Å². The Morgan fingerprint density at radius 1 is 0.808 bits per heavy atom. The first-order valence-electron chi connectivity index (χ1n) is 8.51. The van der Waals surface area contributed by atoms with Crippen molar-refractivity contribution in [3.05, 3.63) is 85.3 Å². The van der Waals surface area contributed by atoms with E-state index in [9.17, 15) is 0 Å². The molecule has 5 aromatic rings. The fourth-order valence-corrected chi connectivity index (χ4v) is 3.24. The molecule has 0 atom stereocenters. The smallest absolute Gasteiger partial charge is 0.0729 e. The van der Waals surface area contributed by atoms with Gasteiger partial charge in [0.15, 0.2) is 0 Å². The molecule has 0 radical (unpaired) electrons. The molecule has 0 aliphatic rings. The lowest BCUT2D eigenvalue weighted by atomic mass is 10.1. The van der Waals surface area contributed by atoms with Gasteiger partial charge in [0, 0.05) is 51.8 Å². The van der Waals surface area contributed by atoms with E-state index in [1.165, 1.54) is 5.39 Å². The molecule has 0 unspecified atom stereocenters. The molecule has 0 bridgehead atoms. The first-order chi connectivity index (χ1) is 12.9. The average Bonchev–Trinajstić information content (AvgIpc) is 3.16. The number of aromatic amines is 1. The molecule has 0 saturated carbocycles. The van der Waals surface area contributed by atoms with Gasteiger partial charge in [-0.3, -0.25) is 9.97 Å². The van der Waals surface area contributed by atoms with E-state index in [0.717, 1.165) is 39.1 Å². The number of rotatable bonds is 3. The summed E-state index contributed by atoms with van der Waals surface area (Å²) in [4.78, 5) is 12.2. The van der Waals surface area contributed by atoms with E-state index in [-0.39, 0.29) is 0 Å². The van der Waals surface area contributed by atoms with Crippen molar-refractivity contribution in [1.82, 2.24) is 15.0 Å². The first kappa shape index (κ1) is 14.7. The molecule has 0 aliphatic heterocycles. The molecule has 2 N–H and O–H groups in total. The van der Waals surface area contributed by atoms with Gasteiger partial charge < -0.3 is 10.3 Å². The molecular weight excluding hydrogens is 320 g/mol. The Bertz CT molecular complexity index is 1210. The van der Waals surface area contributed by atoms with Crippen LogP contribution in [0.5, 0.6) is 0 Å². The van der Waals surface area contributed by atoms with Crippen LogP contribution in [0.2, 0.25) is 0 Å². The van der Waals surface area contributed by atoms with E-state index in [4.69, 9.17) is 0 Å². The number of hydrogen-bond donors (Lipinski definition) is 2. The summed E-state index contributed by atoms with van der Waals surface area (Å²) in [7, 11) is 0. The third-order valence-electron chi connectivity index (χ3n) is 4.54. The van der Waals surface area contributed by atoms with Crippen LogP contribution in [0.1, 0.15) is 0 Å². The Labute approximate surface area is 150 Å². The van der Waals surface area contributed by atoms with Crippen LogP contribution in [-0.4, -0.2) is 15.0 Å². The fourth-order valence-electron chi connectivity index (χ4n) is 3.24. The van der Waals surface area contributed by atoms with Gasteiger partial charge in [-0.25, -0.2) is 0 Å². The van der Waals surface area contributed by atoms with E-state index in [1.807, 2.05) is 42.9 Å². The zero-order valence-corrected chi connectivity index (χ0v) is 14.0. The van der Waals surface area contributed by atoms with Crippen LogP contribution in [0.15, 0.2) is 85.3 Å². The van der Waals surface area contributed by atoms with Crippen LogP contribution in [0, 0.1) is 0 Å². The molecule has 0 saturated heterocycles. The van der Waals surface area contributed by atoms with Gasteiger partial charge in [-0.2, -0.15) is 0 Å². The van der Waals surface area contributed by atoms with E-state index in [1.54, 1.807) is 0 Å². The van der Waals surface area contributed by atoms with E-state index >= 15 is 0 Å². The molecule has 0 fully saturated rings. The summed E-state index contributed by atoms with van der Waals surface area (Å²) >= 11 is 0. The minimum atomic E-state index is 0.945. The fraction of sp³-hybridized carbons (Fsp3) is 0. The maximum absolute atomic E-state index is 4.54. The Hall–Kier alpha value is -3.66. The second-order valence-electron chi connectivity index (χ2n) is 6.21. The van der Waals surface area contributed by atoms with Gasteiger partial charge in [0.2, 0.25) is 0 Å². The molecule has 3 aromatic heterocycles. The minimum Gasteiger partial charge on any atom is -0.361 e. The van der Waals surface area contributed by atoms with Crippen LogP contribution < -0.4 is 5.32 Å². The lowest BCUT2D eigenvalue weighted by Gasteiger charge is -2.11. The third-order valence-corrected chi connectivity index (χ3v) is 4.54. The van der Waals surface area contributed by atoms with Crippen LogP contribution in [0.4, 0.5) is 11.4 Å². The van der Waals surface area contributed by atoms with Crippen LogP contribution in [0.25, 0.3) is 33.1 Å². The average molecular weight is 336 g/mol. The van der Waals surface area contributed by atoms with E-state index in [2.05, 4.69) is 62.7 Å². The summed E-state index contributed by atoms with van der Waals surface area (Å²) < 4.78 is 0. The Kier molecular flexibility index (Phi) is 3.39. The van der Waals surface area contributed by atoms with Gasteiger partial charge >= 0.3 is 0 Å². The monoisotopic (exact) mass is 336 g/mol. The van der Waals surface area contributed by atoms with Gasteiger partial charge in [0.05, 0.1) is 11.2 Å². The number of nitrogens with zero attached hydrogens (tertiary/aromatic N) is 2. The van der Waals surface area contributed by atoms with Crippen LogP contribution in [-0.2, 0) is 0 Å². The molecule has 124 valence electrons. The summed E-state index contributed by atoms with van der Waals surface area (Å²) in [5.74, 6) is 0. The van der Waals surface area contributed by atoms with E-state index < -0.39 is 0 Å². The summed E-state index contributed by atoms with van der Waals surface area (Å²) in [5.41, 5.74) is 6.19. The topological polar surface area (TPSA) is 53.6 Å². The van der Waals surface area contributed by atoms with Crippen molar-refractivity contribution in [2.24, 2.45) is 0 Å².